The van der Waals surface area contributed by atoms with Crippen LogP contribution in [0.3, 0.4) is 0 Å². The van der Waals surface area contributed by atoms with Gasteiger partial charge in [0, 0.05) is 7.11 Å². The molecule has 1 nitrogen and oxygen atoms in total. The Balaban J connectivity index is 2.53. The molecule has 72 valence electrons. The minimum absolute atomic E-state index is 0.343. The molecule has 0 amide bonds. The van der Waals surface area contributed by atoms with Crippen molar-refractivity contribution in [3.8, 4) is 0 Å². The summed E-state index contributed by atoms with van der Waals surface area (Å²) in [6.07, 6.45) is 1.43. The first-order chi connectivity index (χ1) is 6.24. The van der Waals surface area contributed by atoms with E-state index in [-0.39, 0.29) is 0 Å². The summed E-state index contributed by atoms with van der Waals surface area (Å²) in [5, 5.41) is 0. The third kappa shape index (κ3) is 3.19. The molecule has 0 aromatic heterocycles. The van der Waals surface area contributed by atoms with E-state index in [4.69, 9.17) is 4.74 Å². The van der Waals surface area contributed by atoms with E-state index in [0.29, 0.717) is 12.0 Å². The Hall–Kier alpha value is -0.820. The topological polar surface area (TPSA) is 9.23 Å². The van der Waals surface area contributed by atoms with Crippen LogP contribution in [0.4, 0.5) is 0 Å². The zero-order chi connectivity index (χ0) is 9.68. The van der Waals surface area contributed by atoms with Gasteiger partial charge in [0.25, 0.3) is 0 Å². The Morgan fingerprint density at radius 2 is 1.77 bits per heavy atom. The van der Waals surface area contributed by atoms with Gasteiger partial charge in [-0.25, -0.2) is 0 Å². The van der Waals surface area contributed by atoms with Gasteiger partial charge in [-0.2, -0.15) is 0 Å². The molecule has 0 saturated carbocycles. The largest absolute Gasteiger partial charge is 0.382 e. The highest BCUT2D eigenvalue weighted by molar-refractivity contribution is 5.18. The minimum Gasteiger partial charge on any atom is -0.382 e. The molecule has 1 heteroatoms. The van der Waals surface area contributed by atoms with Crippen LogP contribution in [0.2, 0.25) is 0 Å². The summed E-state index contributed by atoms with van der Waals surface area (Å²) in [5.74, 6) is 0.580. The van der Waals surface area contributed by atoms with E-state index in [1.54, 1.807) is 7.11 Å². The number of methoxy groups -OCH3 is 1. The molecule has 0 bridgehead atoms. The zero-order valence-corrected chi connectivity index (χ0v) is 8.66. The third-order valence-electron chi connectivity index (χ3n) is 2.46. The molecule has 0 radical (unpaired) electrons. The lowest BCUT2D eigenvalue weighted by atomic mass is 9.96. The lowest BCUT2D eigenvalue weighted by Crippen LogP contribution is -2.09. The number of hydrogen-bond donors (Lipinski definition) is 0. The SMILES string of the molecule is CO[C@@H](C)CC(C)c1ccccc1. The van der Waals surface area contributed by atoms with Crippen molar-refractivity contribution in [2.45, 2.75) is 32.3 Å². The second-order valence-corrected chi connectivity index (χ2v) is 3.59. The second-order valence-electron chi connectivity index (χ2n) is 3.59. The van der Waals surface area contributed by atoms with E-state index in [0.717, 1.165) is 6.42 Å². The van der Waals surface area contributed by atoms with Gasteiger partial charge in [-0.05, 0) is 24.8 Å². The van der Waals surface area contributed by atoms with Crippen LogP contribution in [0.15, 0.2) is 30.3 Å². The maximum atomic E-state index is 5.24. The second kappa shape index (κ2) is 5.03. The normalized spacial score (nSPS) is 15.3. The van der Waals surface area contributed by atoms with Crippen LogP contribution in [0.25, 0.3) is 0 Å². The molecule has 0 N–H and O–H groups in total. The molecule has 0 saturated heterocycles. The standard InChI is InChI=1S/C12H18O/c1-10(9-11(2)13-3)12-7-5-4-6-8-12/h4-8,10-11H,9H2,1-3H3/t10?,11-/m0/s1. The Morgan fingerprint density at radius 1 is 1.15 bits per heavy atom. The summed E-state index contributed by atoms with van der Waals surface area (Å²) in [6, 6.07) is 10.6. The molecule has 13 heavy (non-hydrogen) atoms. The van der Waals surface area contributed by atoms with Gasteiger partial charge in [-0.1, -0.05) is 37.3 Å². The van der Waals surface area contributed by atoms with Crippen molar-refractivity contribution in [2.24, 2.45) is 0 Å². The van der Waals surface area contributed by atoms with Crippen molar-refractivity contribution < 1.29 is 4.74 Å². The Bertz CT molecular complexity index is 230. The fourth-order valence-corrected chi connectivity index (χ4v) is 1.51. The van der Waals surface area contributed by atoms with E-state index in [1.807, 2.05) is 0 Å². The molecular formula is C12H18O. The van der Waals surface area contributed by atoms with Crippen LogP contribution in [-0.2, 0) is 4.74 Å². The van der Waals surface area contributed by atoms with Crippen molar-refractivity contribution >= 4 is 0 Å². The highest BCUT2D eigenvalue weighted by Gasteiger charge is 2.08. The minimum atomic E-state index is 0.343. The zero-order valence-electron chi connectivity index (χ0n) is 8.66. The fraction of sp³-hybridized carbons (Fsp3) is 0.500. The Morgan fingerprint density at radius 3 is 2.31 bits per heavy atom. The molecule has 0 aliphatic rings. The molecular weight excluding hydrogens is 160 g/mol. The summed E-state index contributed by atoms with van der Waals surface area (Å²) in [5.41, 5.74) is 1.39. The van der Waals surface area contributed by atoms with Crippen LogP contribution in [0.1, 0.15) is 31.7 Å². The lowest BCUT2D eigenvalue weighted by Gasteiger charge is -2.16. The summed E-state index contributed by atoms with van der Waals surface area (Å²) in [6.45, 7) is 4.35. The highest BCUT2D eigenvalue weighted by Crippen LogP contribution is 2.20. The van der Waals surface area contributed by atoms with Crippen LogP contribution in [0.5, 0.6) is 0 Å². The number of ether oxygens (including phenoxy) is 1. The van der Waals surface area contributed by atoms with Gasteiger partial charge in [-0.15, -0.1) is 0 Å². The van der Waals surface area contributed by atoms with Crippen LogP contribution >= 0.6 is 0 Å². The van der Waals surface area contributed by atoms with Crippen molar-refractivity contribution in [3.05, 3.63) is 35.9 Å². The molecule has 2 atom stereocenters. The van der Waals surface area contributed by atoms with Gasteiger partial charge in [0.1, 0.15) is 0 Å². The van der Waals surface area contributed by atoms with E-state index in [9.17, 15) is 0 Å². The molecule has 1 rings (SSSR count). The third-order valence-corrected chi connectivity index (χ3v) is 2.46. The summed E-state index contributed by atoms with van der Waals surface area (Å²) >= 11 is 0. The van der Waals surface area contributed by atoms with Crippen molar-refractivity contribution in [1.29, 1.82) is 0 Å². The van der Waals surface area contributed by atoms with Crippen LogP contribution in [-0.4, -0.2) is 13.2 Å². The van der Waals surface area contributed by atoms with E-state index >= 15 is 0 Å². The predicted octanol–water partition coefficient (Wildman–Crippen LogP) is 3.22. The molecule has 0 heterocycles. The van der Waals surface area contributed by atoms with E-state index < -0.39 is 0 Å². The highest BCUT2D eigenvalue weighted by atomic mass is 16.5. The lowest BCUT2D eigenvalue weighted by molar-refractivity contribution is 0.106. The summed E-state index contributed by atoms with van der Waals surface area (Å²) in [4.78, 5) is 0. The van der Waals surface area contributed by atoms with Gasteiger partial charge in [-0.3, -0.25) is 0 Å². The van der Waals surface area contributed by atoms with Gasteiger partial charge >= 0.3 is 0 Å². The number of rotatable bonds is 4. The predicted molar refractivity (Wildman–Crippen MR) is 55.9 cm³/mol. The van der Waals surface area contributed by atoms with E-state index in [1.165, 1.54) is 5.56 Å². The first-order valence-corrected chi connectivity index (χ1v) is 4.81. The maximum absolute atomic E-state index is 5.24. The quantitative estimate of drug-likeness (QED) is 0.688. The van der Waals surface area contributed by atoms with Gasteiger partial charge in [0.15, 0.2) is 0 Å². The first kappa shape index (κ1) is 10.3. The molecule has 1 aromatic rings. The fourth-order valence-electron chi connectivity index (χ4n) is 1.51. The van der Waals surface area contributed by atoms with Crippen LogP contribution in [0, 0.1) is 0 Å². The molecule has 0 aliphatic carbocycles. The first-order valence-electron chi connectivity index (χ1n) is 4.81. The van der Waals surface area contributed by atoms with Gasteiger partial charge < -0.3 is 4.74 Å². The molecule has 1 aromatic carbocycles. The molecule has 0 aliphatic heterocycles. The van der Waals surface area contributed by atoms with Crippen LogP contribution < -0.4 is 0 Å². The molecule has 0 spiro atoms. The monoisotopic (exact) mass is 178 g/mol. The summed E-state index contributed by atoms with van der Waals surface area (Å²) < 4.78 is 5.24. The van der Waals surface area contributed by atoms with Gasteiger partial charge in [0.2, 0.25) is 0 Å². The van der Waals surface area contributed by atoms with Gasteiger partial charge in [0.05, 0.1) is 6.10 Å². The van der Waals surface area contributed by atoms with Crippen molar-refractivity contribution in [2.75, 3.05) is 7.11 Å². The Kier molecular flexibility index (Phi) is 3.97. The average molecular weight is 178 g/mol. The molecule has 0 fully saturated rings. The summed E-state index contributed by atoms with van der Waals surface area (Å²) in [7, 11) is 1.77. The number of hydrogen-bond acceptors (Lipinski definition) is 1. The van der Waals surface area contributed by atoms with Crippen molar-refractivity contribution in [3.63, 3.8) is 0 Å². The number of benzene rings is 1. The molecule has 1 unspecified atom stereocenters. The maximum Gasteiger partial charge on any atom is 0.0549 e. The Labute approximate surface area is 80.7 Å². The smallest absolute Gasteiger partial charge is 0.0549 e. The van der Waals surface area contributed by atoms with E-state index in [2.05, 4.69) is 44.2 Å². The van der Waals surface area contributed by atoms with Crippen molar-refractivity contribution in [1.82, 2.24) is 0 Å². The average Bonchev–Trinajstić information content (AvgIpc) is 2.19.